The summed E-state index contributed by atoms with van der Waals surface area (Å²) < 4.78 is 10.1. The maximum absolute atomic E-state index is 12.8. The number of Topliss-reactive ketones (excluding diaryl/α,β-unsaturated/α-hetero) is 1. The van der Waals surface area contributed by atoms with Crippen LogP contribution in [-0.2, 0) is 4.74 Å². The average molecular weight is 402 g/mol. The number of amides is 1. The third kappa shape index (κ3) is 4.40. The van der Waals surface area contributed by atoms with E-state index in [2.05, 4.69) is 10.1 Å². The number of hydrogen-bond acceptors (Lipinski definition) is 7. The number of piperazine rings is 1. The number of H-pyrrole nitrogens is 1. The van der Waals surface area contributed by atoms with Crippen LogP contribution in [0.25, 0.3) is 0 Å². The number of carbonyl (C=O) groups is 3. The van der Waals surface area contributed by atoms with E-state index in [-0.39, 0.29) is 30.6 Å². The molecule has 9 heteroatoms. The Bertz CT molecular complexity index is 921. The lowest BCUT2D eigenvalue weighted by molar-refractivity contribution is 0.0524. The van der Waals surface area contributed by atoms with Crippen molar-refractivity contribution in [1.82, 2.24) is 19.9 Å². The standard InChI is InChI=1S/C20H26N4O5/c1-5-28-20(27)17-13(3)18(21-14(17)4)15(25)11-23-6-8-24(9-7-23)19(26)16-10-12(2)22-29-16/h10,21H,5-9,11H2,1-4H3. The Balaban J connectivity index is 1.59. The third-order valence-corrected chi connectivity index (χ3v) is 5.06. The summed E-state index contributed by atoms with van der Waals surface area (Å²) in [6.07, 6.45) is 0. The van der Waals surface area contributed by atoms with Crippen molar-refractivity contribution >= 4 is 17.7 Å². The zero-order valence-electron chi connectivity index (χ0n) is 17.2. The number of nitrogens with one attached hydrogen (secondary N) is 1. The highest BCUT2D eigenvalue weighted by atomic mass is 16.5. The van der Waals surface area contributed by atoms with Crippen LogP contribution in [0.4, 0.5) is 0 Å². The van der Waals surface area contributed by atoms with Gasteiger partial charge in [0.25, 0.3) is 5.91 Å². The highest BCUT2D eigenvalue weighted by molar-refractivity contribution is 6.02. The Kier molecular flexibility index (Phi) is 6.17. The normalized spacial score (nSPS) is 14.8. The van der Waals surface area contributed by atoms with Crippen molar-refractivity contribution in [2.75, 3.05) is 39.3 Å². The average Bonchev–Trinajstić information content (AvgIpc) is 3.25. The first-order valence-electron chi connectivity index (χ1n) is 9.66. The van der Waals surface area contributed by atoms with Crippen LogP contribution < -0.4 is 0 Å². The number of aromatic nitrogens is 2. The fourth-order valence-corrected chi connectivity index (χ4v) is 3.55. The first-order chi connectivity index (χ1) is 13.8. The van der Waals surface area contributed by atoms with Crippen LogP contribution in [0.15, 0.2) is 10.6 Å². The van der Waals surface area contributed by atoms with E-state index in [1.165, 1.54) is 0 Å². The molecule has 0 saturated carbocycles. The fourth-order valence-electron chi connectivity index (χ4n) is 3.55. The molecule has 0 atom stereocenters. The molecule has 29 heavy (non-hydrogen) atoms. The molecule has 0 radical (unpaired) electrons. The Morgan fingerprint density at radius 2 is 1.86 bits per heavy atom. The predicted octanol–water partition coefficient (Wildman–Crippen LogP) is 1.75. The van der Waals surface area contributed by atoms with Crippen LogP contribution in [-0.4, -0.2) is 76.9 Å². The molecule has 1 amide bonds. The molecule has 1 fully saturated rings. The van der Waals surface area contributed by atoms with Crippen LogP contribution in [0.5, 0.6) is 0 Å². The highest BCUT2D eigenvalue weighted by Crippen LogP contribution is 2.20. The summed E-state index contributed by atoms with van der Waals surface area (Å²) in [7, 11) is 0. The SMILES string of the molecule is CCOC(=O)c1c(C)[nH]c(C(=O)CN2CCN(C(=O)c3cc(C)no3)CC2)c1C. The largest absolute Gasteiger partial charge is 0.462 e. The minimum absolute atomic E-state index is 0.0909. The summed E-state index contributed by atoms with van der Waals surface area (Å²) in [5.74, 6) is -0.470. The minimum Gasteiger partial charge on any atom is -0.462 e. The number of esters is 1. The summed E-state index contributed by atoms with van der Waals surface area (Å²) >= 11 is 0. The van der Waals surface area contributed by atoms with E-state index in [4.69, 9.17) is 9.26 Å². The van der Waals surface area contributed by atoms with Gasteiger partial charge in [0.05, 0.1) is 30.1 Å². The van der Waals surface area contributed by atoms with Gasteiger partial charge in [0.2, 0.25) is 5.76 Å². The fraction of sp³-hybridized carbons (Fsp3) is 0.500. The van der Waals surface area contributed by atoms with E-state index < -0.39 is 5.97 Å². The molecule has 3 rings (SSSR count). The number of nitrogens with zero attached hydrogens (tertiary/aromatic N) is 3. The molecule has 1 aliphatic rings. The Labute approximate surface area is 169 Å². The first-order valence-corrected chi connectivity index (χ1v) is 9.66. The quantitative estimate of drug-likeness (QED) is 0.579. The lowest BCUT2D eigenvalue weighted by Gasteiger charge is -2.33. The second-order valence-corrected chi connectivity index (χ2v) is 7.17. The van der Waals surface area contributed by atoms with Crippen LogP contribution in [0.3, 0.4) is 0 Å². The molecule has 1 N–H and O–H groups in total. The maximum atomic E-state index is 12.8. The van der Waals surface area contributed by atoms with Gasteiger partial charge < -0.3 is 19.1 Å². The molecule has 1 saturated heterocycles. The van der Waals surface area contributed by atoms with Gasteiger partial charge in [0, 0.05) is 37.9 Å². The zero-order valence-corrected chi connectivity index (χ0v) is 17.2. The molecule has 0 bridgehead atoms. The Hall–Kier alpha value is -2.94. The topological polar surface area (TPSA) is 109 Å². The maximum Gasteiger partial charge on any atom is 0.340 e. The number of carbonyl (C=O) groups excluding carboxylic acids is 3. The van der Waals surface area contributed by atoms with Gasteiger partial charge in [-0.15, -0.1) is 0 Å². The number of ether oxygens (including phenoxy) is 1. The molecule has 1 aliphatic heterocycles. The van der Waals surface area contributed by atoms with Gasteiger partial charge in [-0.3, -0.25) is 14.5 Å². The number of aryl methyl sites for hydroxylation is 2. The van der Waals surface area contributed by atoms with Crippen molar-refractivity contribution in [2.24, 2.45) is 0 Å². The summed E-state index contributed by atoms with van der Waals surface area (Å²) in [6, 6.07) is 1.62. The zero-order chi connectivity index (χ0) is 21.1. The predicted molar refractivity (Wildman–Crippen MR) is 104 cm³/mol. The van der Waals surface area contributed by atoms with E-state index in [1.54, 1.807) is 38.7 Å². The van der Waals surface area contributed by atoms with Crippen molar-refractivity contribution in [3.63, 3.8) is 0 Å². The van der Waals surface area contributed by atoms with Crippen molar-refractivity contribution in [3.8, 4) is 0 Å². The molecular weight excluding hydrogens is 376 g/mol. The monoisotopic (exact) mass is 402 g/mol. The van der Waals surface area contributed by atoms with Gasteiger partial charge in [-0.1, -0.05) is 5.16 Å². The van der Waals surface area contributed by atoms with Gasteiger partial charge in [-0.25, -0.2) is 4.79 Å². The van der Waals surface area contributed by atoms with Gasteiger partial charge in [-0.2, -0.15) is 0 Å². The van der Waals surface area contributed by atoms with Gasteiger partial charge in [-0.05, 0) is 33.3 Å². The molecule has 0 unspecified atom stereocenters. The summed E-state index contributed by atoms with van der Waals surface area (Å²) in [5, 5.41) is 3.75. The lowest BCUT2D eigenvalue weighted by Crippen LogP contribution is -2.49. The summed E-state index contributed by atoms with van der Waals surface area (Å²) in [6.45, 7) is 9.67. The molecule has 0 aliphatic carbocycles. The molecule has 2 aromatic heterocycles. The summed E-state index contributed by atoms with van der Waals surface area (Å²) in [5.41, 5.74) is 2.76. The van der Waals surface area contributed by atoms with E-state index >= 15 is 0 Å². The van der Waals surface area contributed by atoms with E-state index in [0.717, 1.165) is 0 Å². The van der Waals surface area contributed by atoms with Gasteiger partial charge in [0.15, 0.2) is 5.78 Å². The van der Waals surface area contributed by atoms with E-state index in [1.807, 2.05) is 4.90 Å². The number of rotatable bonds is 6. The van der Waals surface area contributed by atoms with Crippen molar-refractivity contribution < 1.29 is 23.6 Å². The van der Waals surface area contributed by atoms with Crippen LogP contribution >= 0.6 is 0 Å². The van der Waals surface area contributed by atoms with Gasteiger partial charge >= 0.3 is 5.97 Å². The molecular formula is C20H26N4O5. The second-order valence-electron chi connectivity index (χ2n) is 7.17. The van der Waals surface area contributed by atoms with Crippen molar-refractivity contribution in [3.05, 3.63) is 40.0 Å². The molecule has 2 aromatic rings. The van der Waals surface area contributed by atoms with Gasteiger partial charge in [0.1, 0.15) is 0 Å². The summed E-state index contributed by atoms with van der Waals surface area (Å²) in [4.78, 5) is 44.1. The van der Waals surface area contributed by atoms with Crippen LogP contribution in [0.1, 0.15) is 55.3 Å². The number of aromatic amines is 1. The first kappa shape index (κ1) is 20.8. The number of ketones is 1. The van der Waals surface area contributed by atoms with E-state index in [0.29, 0.717) is 54.4 Å². The molecule has 0 spiro atoms. The molecule has 9 nitrogen and oxygen atoms in total. The Morgan fingerprint density at radius 3 is 2.45 bits per heavy atom. The Morgan fingerprint density at radius 1 is 1.17 bits per heavy atom. The second kappa shape index (κ2) is 8.60. The smallest absolute Gasteiger partial charge is 0.340 e. The van der Waals surface area contributed by atoms with E-state index in [9.17, 15) is 14.4 Å². The third-order valence-electron chi connectivity index (χ3n) is 5.06. The van der Waals surface area contributed by atoms with Crippen molar-refractivity contribution in [1.29, 1.82) is 0 Å². The number of hydrogen-bond donors (Lipinski definition) is 1. The van der Waals surface area contributed by atoms with Crippen molar-refractivity contribution in [2.45, 2.75) is 27.7 Å². The minimum atomic E-state index is -0.424. The molecule has 156 valence electrons. The molecule has 3 heterocycles. The van der Waals surface area contributed by atoms with Crippen LogP contribution in [0.2, 0.25) is 0 Å². The van der Waals surface area contributed by atoms with Crippen LogP contribution in [0, 0.1) is 20.8 Å². The lowest BCUT2D eigenvalue weighted by atomic mass is 10.1. The highest BCUT2D eigenvalue weighted by Gasteiger charge is 2.28. The molecule has 0 aromatic carbocycles.